The second-order valence-corrected chi connectivity index (χ2v) is 7.20. The van der Waals surface area contributed by atoms with Crippen LogP contribution in [0, 0.1) is 11.3 Å². The number of carbonyl (C=O) groups is 1. The lowest BCUT2D eigenvalue weighted by Gasteiger charge is -2.27. The molecule has 138 valence electrons. The van der Waals surface area contributed by atoms with Crippen molar-refractivity contribution in [2.75, 3.05) is 60.7 Å². The molecule has 2 fully saturated rings. The number of methoxy groups -OCH3 is 1. The Bertz CT molecular complexity index is 610. The van der Waals surface area contributed by atoms with E-state index < -0.39 is 0 Å². The van der Waals surface area contributed by atoms with Crippen LogP contribution in [0.5, 0.6) is 5.88 Å². The molecular weight excluding hydrogens is 322 g/mol. The van der Waals surface area contributed by atoms with Crippen molar-refractivity contribution in [3.63, 3.8) is 0 Å². The number of amides is 1. The number of pyridine rings is 1. The predicted molar refractivity (Wildman–Crippen MR) is 92.3 cm³/mol. The van der Waals surface area contributed by atoms with Gasteiger partial charge in [-0.2, -0.15) is 0 Å². The second-order valence-electron chi connectivity index (χ2n) is 7.20. The van der Waals surface area contributed by atoms with Gasteiger partial charge in [0.25, 0.3) is 0 Å². The highest BCUT2D eigenvalue weighted by Gasteiger charge is 2.50. The number of ether oxygens (including phenoxy) is 3. The van der Waals surface area contributed by atoms with E-state index in [1.807, 2.05) is 6.07 Å². The fraction of sp³-hybridized carbons (Fsp3) is 0.667. The van der Waals surface area contributed by atoms with Gasteiger partial charge in [-0.05, 0) is 6.07 Å². The van der Waals surface area contributed by atoms with Crippen molar-refractivity contribution in [3.8, 4) is 5.88 Å². The number of likely N-dealkylation sites (tertiary alicyclic amines) is 1. The van der Waals surface area contributed by atoms with Crippen LogP contribution >= 0.6 is 0 Å². The highest BCUT2D eigenvalue weighted by molar-refractivity contribution is 5.76. The molecule has 0 radical (unpaired) electrons. The van der Waals surface area contributed by atoms with E-state index in [2.05, 4.69) is 16.0 Å². The number of hydrogen-bond donors (Lipinski definition) is 0. The SMILES string of the molecule is COc1ncccc1CN1C[C@@H]2COC[C@]2(COCC(=O)N(C)C)C1. The topological polar surface area (TPSA) is 64.1 Å². The lowest BCUT2D eigenvalue weighted by molar-refractivity contribution is -0.135. The van der Waals surface area contributed by atoms with Gasteiger partial charge in [0.15, 0.2) is 0 Å². The molecule has 0 saturated carbocycles. The van der Waals surface area contributed by atoms with Crippen LogP contribution in [0.3, 0.4) is 0 Å². The van der Waals surface area contributed by atoms with E-state index in [9.17, 15) is 4.79 Å². The molecule has 1 aromatic rings. The van der Waals surface area contributed by atoms with Crippen LogP contribution in [0.4, 0.5) is 0 Å². The summed E-state index contributed by atoms with van der Waals surface area (Å²) in [5.74, 6) is 1.10. The number of aromatic nitrogens is 1. The molecule has 2 aliphatic rings. The van der Waals surface area contributed by atoms with E-state index in [1.54, 1.807) is 32.3 Å². The molecule has 0 aromatic carbocycles. The average Bonchev–Trinajstić information content (AvgIpc) is 3.11. The molecule has 2 atom stereocenters. The maximum atomic E-state index is 11.7. The predicted octanol–water partition coefficient (Wildman–Crippen LogP) is 0.643. The van der Waals surface area contributed by atoms with E-state index in [4.69, 9.17) is 14.2 Å². The van der Waals surface area contributed by atoms with Crippen molar-refractivity contribution in [2.24, 2.45) is 11.3 Å². The van der Waals surface area contributed by atoms with E-state index in [0.29, 0.717) is 25.0 Å². The first kappa shape index (κ1) is 18.1. The van der Waals surface area contributed by atoms with E-state index in [-0.39, 0.29) is 17.9 Å². The zero-order chi connectivity index (χ0) is 17.9. The van der Waals surface area contributed by atoms with Crippen molar-refractivity contribution in [3.05, 3.63) is 23.9 Å². The minimum atomic E-state index is -0.0258. The lowest BCUT2D eigenvalue weighted by atomic mass is 9.82. The summed E-state index contributed by atoms with van der Waals surface area (Å²) in [7, 11) is 5.13. The molecule has 0 unspecified atom stereocenters. The molecule has 2 aliphatic heterocycles. The highest BCUT2D eigenvalue weighted by Crippen LogP contribution is 2.42. The molecule has 0 spiro atoms. The van der Waals surface area contributed by atoms with Gasteiger partial charge in [-0.15, -0.1) is 0 Å². The fourth-order valence-corrected chi connectivity index (χ4v) is 3.71. The third-order valence-electron chi connectivity index (χ3n) is 5.14. The Hall–Kier alpha value is -1.70. The molecule has 7 nitrogen and oxygen atoms in total. The van der Waals surface area contributed by atoms with E-state index in [1.165, 1.54) is 0 Å². The quantitative estimate of drug-likeness (QED) is 0.720. The van der Waals surface area contributed by atoms with Crippen molar-refractivity contribution >= 4 is 5.91 Å². The Balaban J connectivity index is 1.60. The molecule has 0 aliphatic carbocycles. The maximum Gasteiger partial charge on any atom is 0.248 e. The van der Waals surface area contributed by atoms with Crippen LogP contribution < -0.4 is 4.74 Å². The first-order valence-electron chi connectivity index (χ1n) is 8.60. The molecule has 3 heterocycles. The Morgan fingerprint density at radius 2 is 2.36 bits per heavy atom. The van der Waals surface area contributed by atoms with Crippen LogP contribution in [0.25, 0.3) is 0 Å². The third-order valence-corrected chi connectivity index (χ3v) is 5.14. The van der Waals surface area contributed by atoms with E-state index in [0.717, 1.165) is 31.8 Å². The summed E-state index contributed by atoms with van der Waals surface area (Å²) in [5, 5.41) is 0. The summed E-state index contributed by atoms with van der Waals surface area (Å²) < 4.78 is 16.8. The first-order chi connectivity index (χ1) is 12.0. The van der Waals surface area contributed by atoms with Crippen molar-refractivity contribution < 1.29 is 19.0 Å². The number of likely N-dealkylation sites (N-methyl/N-ethyl adjacent to an activating group) is 1. The number of nitrogens with zero attached hydrogens (tertiary/aromatic N) is 3. The van der Waals surface area contributed by atoms with Gasteiger partial charge in [-0.3, -0.25) is 9.69 Å². The van der Waals surface area contributed by atoms with Gasteiger partial charge in [-0.25, -0.2) is 4.98 Å². The summed E-state index contributed by atoms with van der Waals surface area (Å²) >= 11 is 0. The number of rotatable bonds is 7. The van der Waals surface area contributed by atoms with Crippen LogP contribution in [0.2, 0.25) is 0 Å². The summed E-state index contributed by atoms with van der Waals surface area (Å²) in [6, 6.07) is 3.99. The summed E-state index contributed by atoms with van der Waals surface area (Å²) in [5.41, 5.74) is 1.06. The summed E-state index contributed by atoms with van der Waals surface area (Å²) in [4.78, 5) is 20.0. The summed E-state index contributed by atoms with van der Waals surface area (Å²) in [6.45, 7) is 4.77. The monoisotopic (exact) mass is 349 g/mol. The Kier molecular flexibility index (Phi) is 5.56. The standard InChI is InChI=1S/C18H27N3O4/c1-20(2)16(22)10-25-13-18-11-21(8-15(18)9-24-12-18)7-14-5-4-6-19-17(14)23-3/h4-6,15H,7-13H2,1-3H3/t15-,18+/m1/s1. The molecule has 0 bridgehead atoms. The Labute approximate surface area is 148 Å². The van der Waals surface area contributed by atoms with Gasteiger partial charge in [0.2, 0.25) is 11.8 Å². The van der Waals surface area contributed by atoms with Crippen molar-refractivity contribution in [1.29, 1.82) is 0 Å². The number of carbonyl (C=O) groups excluding carboxylic acids is 1. The van der Waals surface area contributed by atoms with Gasteiger partial charge >= 0.3 is 0 Å². The normalized spacial score (nSPS) is 25.8. The van der Waals surface area contributed by atoms with Crippen molar-refractivity contribution in [2.45, 2.75) is 6.54 Å². The van der Waals surface area contributed by atoms with Gasteiger partial charge in [0.1, 0.15) is 6.61 Å². The fourth-order valence-electron chi connectivity index (χ4n) is 3.71. The van der Waals surface area contributed by atoms with Crippen LogP contribution in [-0.2, 0) is 20.8 Å². The summed E-state index contributed by atoms with van der Waals surface area (Å²) in [6.07, 6.45) is 1.74. The number of fused-ring (bicyclic) bond motifs is 1. The first-order valence-corrected chi connectivity index (χ1v) is 8.60. The molecule has 25 heavy (non-hydrogen) atoms. The van der Waals surface area contributed by atoms with E-state index >= 15 is 0 Å². The third kappa shape index (κ3) is 3.94. The number of hydrogen-bond acceptors (Lipinski definition) is 6. The van der Waals surface area contributed by atoms with Crippen LogP contribution in [0.15, 0.2) is 18.3 Å². The Morgan fingerprint density at radius 1 is 1.52 bits per heavy atom. The van der Waals surface area contributed by atoms with Gasteiger partial charge in [0.05, 0.1) is 26.9 Å². The highest BCUT2D eigenvalue weighted by atomic mass is 16.5. The van der Waals surface area contributed by atoms with Crippen LogP contribution in [0.1, 0.15) is 5.56 Å². The van der Waals surface area contributed by atoms with Gasteiger partial charge in [0, 0.05) is 56.8 Å². The molecule has 0 N–H and O–H groups in total. The second kappa shape index (κ2) is 7.68. The molecule has 3 rings (SSSR count). The van der Waals surface area contributed by atoms with Crippen LogP contribution in [-0.4, -0.2) is 81.4 Å². The molecule has 1 aromatic heterocycles. The van der Waals surface area contributed by atoms with Crippen molar-refractivity contribution in [1.82, 2.24) is 14.8 Å². The van der Waals surface area contributed by atoms with Gasteiger partial charge in [-0.1, -0.05) is 6.07 Å². The zero-order valence-corrected chi connectivity index (χ0v) is 15.2. The lowest BCUT2D eigenvalue weighted by Crippen LogP contribution is -2.37. The zero-order valence-electron chi connectivity index (χ0n) is 15.2. The molecule has 7 heteroatoms. The van der Waals surface area contributed by atoms with Gasteiger partial charge < -0.3 is 19.1 Å². The molecule has 2 saturated heterocycles. The average molecular weight is 349 g/mol. The minimum Gasteiger partial charge on any atom is -0.481 e. The molecule has 1 amide bonds. The molecular formula is C18H27N3O4. The smallest absolute Gasteiger partial charge is 0.248 e. The minimum absolute atomic E-state index is 0.0122. The maximum absolute atomic E-state index is 11.7. The Morgan fingerprint density at radius 3 is 3.12 bits per heavy atom. The largest absolute Gasteiger partial charge is 0.481 e.